The van der Waals surface area contributed by atoms with Crippen LogP contribution in [0.2, 0.25) is 0 Å². The molecule has 1 heterocycles. The van der Waals surface area contributed by atoms with E-state index in [0.29, 0.717) is 19.3 Å². The number of esters is 1. The topological polar surface area (TPSA) is 175 Å². The summed E-state index contributed by atoms with van der Waals surface area (Å²) in [6, 6.07) is -1.04. The Hall–Kier alpha value is -3.16. The van der Waals surface area contributed by atoms with Gasteiger partial charge in [0.1, 0.15) is 24.4 Å². The van der Waals surface area contributed by atoms with Crippen LogP contribution >= 0.6 is 0 Å². The second kappa shape index (κ2) is 50.6. The Morgan fingerprint density at radius 1 is 0.541 bits per heavy atom. The first-order valence-electron chi connectivity index (χ1n) is 29.9. The molecule has 8 unspecified atom stereocenters. The average Bonchev–Trinajstić information content (AvgIpc) is 3.40. The van der Waals surface area contributed by atoms with Gasteiger partial charge in [-0.15, -0.1) is 0 Å². The third kappa shape index (κ3) is 38.4. The van der Waals surface area contributed by atoms with E-state index in [0.717, 1.165) is 70.6 Å². The molecule has 1 saturated heterocycles. The molecule has 0 radical (unpaired) electrons. The molecule has 1 aliphatic heterocycles. The lowest BCUT2D eigenvalue weighted by Crippen LogP contribution is -2.61. The van der Waals surface area contributed by atoms with Crippen LogP contribution in [0.5, 0.6) is 0 Å². The van der Waals surface area contributed by atoms with E-state index >= 15 is 0 Å². The number of hydrogen-bond acceptors (Lipinski definition) is 10. The van der Waals surface area contributed by atoms with Gasteiger partial charge in [-0.2, -0.15) is 0 Å². The molecule has 74 heavy (non-hydrogen) atoms. The maximum absolute atomic E-state index is 13.4. The second-order valence-electron chi connectivity index (χ2n) is 20.4. The number of aliphatic hydroxyl groups excluding tert-OH is 5. The van der Waals surface area contributed by atoms with Gasteiger partial charge in [0.25, 0.3) is 0 Å². The average molecular weight is 1040 g/mol. The molecule has 0 aliphatic carbocycles. The Labute approximate surface area is 451 Å². The zero-order valence-electron chi connectivity index (χ0n) is 46.9. The van der Waals surface area contributed by atoms with Gasteiger partial charge in [-0.05, 0) is 64.2 Å². The molecule has 0 aromatic heterocycles. The Morgan fingerprint density at radius 2 is 0.973 bits per heavy atom. The summed E-state index contributed by atoms with van der Waals surface area (Å²) in [6.07, 6.45) is 54.9. The van der Waals surface area contributed by atoms with Crippen LogP contribution in [0, 0.1) is 0 Å². The van der Waals surface area contributed by atoms with Crippen molar-refractivity contribution in [3.05, 3.63) is 85.1 Å². The highest BCUT2D eigenvalue weighted by Crippen LogP contribution is 2.26. The zero-order valence-corrected chi connectivity index (χ0v) is 46.9. The minimum absolute atomic E-state index is 0.00388. The number of nitrogens with one attached hydrogen (secondary N) is 1. The molecule has 0 saturated carbocycles. The normalized spacial score (nSPS) is 19.9. The minimum Gasteiger partial charge on any atom is -0.454 e. The Balaban J connectivity index is 2.76. The SMILES string of the molecule is CC/C=C\C/C=C\C/C=C\C/C=C\C/C=C\C/C=C\CCC(=O)OC1C(OCC(NC(=O)C(O)CCCCCCCCCCCCCCC)C(O)/C=C/CCCCCCCCCCCCC)OC(CO)C(O)C1O. The van der Waals surface area contributed by atoms with Crippen molar-refractivity contribution >= 4 is 11.9 Å². The summed E-state index contributed by atoms with van der Waals surface area (Å²) in [4.78, 5) is 26.5. The highest BCUT2D eigenvalue weighted by atomic mass is 16.7. The Morgan fingerprint density at radius 3 is 1.43 bits per heavy atom. The van der Waals surface area contributed by atoms with Crippen molar-refractivity contribution < 1.29 is 49.3 Å². The number of amides is 1. The molecule has 0 aromatic rings. The van der Waals surface area contributed by atoms with E-state index in [1.165, 1.54) is 116 Å². The first-order valence-corrected chi connectivity index (χ1v) is 29.9. The minimum atomic E-state index is -1.65. The first-order chi connectivity index (χ1) is 36.2. The van der Waals surface area contributed by atoms with Gasteiger partial charge < -0.3 is 45.1 Å². The van der Waals surface area contributed by atoms with E-state index in [4.69, 9.17) is 14.2 Å². The molecule has 0 bridgehead atoms. The number of aliphatic hydroxyl groups is 5. The van der Waals surface area contributed by atoms with Crippen molar-refractivity contribution in [3.8, 4) is 0 Å². The second-order valence-corrected chi connectivity index (χ2v) is 20.4. The maximum Gasteiger partial charge on any atom is 0.306 e. The Kier molecular flexibility index (Phi) is 47.1. The van der Waals surface area contributed by atoms with Crippen molar-refractivity contribution in [2.45, 2.75) is 288 Å². The summed E-state index contributed by atoms with van der Waals surface area (Å²) < 4.78 is 17.5. The van der Waals surface area contributed by atoms with Crippen molar-refractivity contribution in [2.24, 2.45) is 0 Å². The van der Waals surface area contributed by atoms with E-state index < -0.39 is 67.4 Å². The third-order valence-corrected chi connectivity index (χ3v) is 13.6. The van der Waals surface area contributed by atoms with Crippen molar-refractivity contribution in [1.29, 1.82) is 0 Å². The van der Waals surface area contributed by atoms with Crippen LogP contribution in [-0.4, -0.2) is 99.6 Å². The Bertz CT molecular complexity index is 1520. The summed E-state index contributed by atoms with van der Waals surface area (Å²) in [5.41, 5.74) is 0. The predicted octanol–water partition coefficient (Wildman–Crippen LogP) is 13.8. The number of rotatable bonds is 49. The fraction of sp³-hybridized carbons (Fsp3) is 0.746. The number of carbonyl (C=O) groups excluding carboxylic acids is 2. The summed E-state index contributed by atoms with van der Waals surface area (Å²) in [6.45, 7) is 5.63. The fourth-order valence-electron chi connectivity index (χ4n) is 8.85. The largest absolute Gasteiger partial charge is 0.454 e. The van der Waals surface area contributed by atoms with Gasteiger partial charge in [0.05, 0.1) is 25.4 Å². The maximum atomic E-state index is 13.4. The number of unbranched alkanes of at least 4 members (excludes halogenated alkanes) is 23. The number of hydrogen-bond donors (Lipinski definition) is 6. The van der Waals surface area contributed by atoms with E-state index in [1.807, 2.05) is 18.2 Å². The number of ether oxygens (including phenoxy) is 3. The summed E-state index contributed by atoms with van der Waals surface area (Å²) >= 11 is 0. The molecule has 8 atom stereocenters. The van der Waals surface area contributed by atoms with Crippen LogP contribution in [0.3, 0.4) is 0 Å². The monoisotopic (exact) mass is 1040 g/mol. The van der Waals surface area contributed by atoms with Crippen molar-refractivity contribution in [2.75, 3.05) is 13.2 Å². The van der Waals surface area contributed by atoms with Crippen LogP contribution in [0.4, 0.5) is 0 Å². The smallest absolute Gasteiger partial charge is 0.306 e. The highest BCUT2D eigenvalue weighted by Gasteiger charge is 2.47. The highest BCUT2D eigenvalue weighted by molar-refractivity contribution is 5.80. The van der Waals surface area contributed by atoms with Gasteiger partial charge in [-0.3, -0.25) is 9.59 Å². The molecular weight excluding hydrogens is 931 g/mol. The number of allylic oxidation sites excluding steroid dienone is 13. The molecule has 1 amide bonds. The predicted molar refractivity (Wildman–Crippen MR) is 306 cm³/mol. The van der Waals surface area contributed by atoms with Gasteiger partial charge in [0, 0.05) is 6.42 Å². The fourth-order valence-corrected chi connectivity index (χ4v) is 8.85. The molecule has 0 spiro atoms. The van der Waals surface area contributed by atoms with Crippen LogP contribution in [0.15, 0.2) is 85.1 Å². The van der Waals surface area contributed by atoms with Crippen LogP contribution in [-0.2, 0) is 23.8 Å². The van der Waals surface area contributed by atoms with E-state index in [2.05, 4.69) is 86.8 Å². The van der Waals surface area contributed by atoms with E-state index in [9.17, 15) is 35.1 Å². The molecule has 6 N–H and O–H groups in total. The molecule has 11 heteroatoms. The summed E-state index contributed by atoms with van der Waals surface area (Å²) in [5, 5.41) is 56.8. The molecule has 11 nitrogen and oxygen atoms in total. The van der Waals surface area contributed by atoms with Crippen LogP contribution in [0.25, 0.3) is 0 Å². The molecule has 1 rings (SSSR count). The van der Waals surface area contributed by atoms with Crippen molar-refractivity contribution in [3.63, 3.8) is 0 Å². The van der Waals surface area contributed by atoms with Crippen LogP contribution < -0.4 is 5.32 Å². The summed E-state index contributed by atoms with van der Waals surface area (Å²) in [5.74, 6) is -1.28. The molecule has 1 aliphatic rings. The zero-order chi connectivity index (χ0) is 54.0. The third-order valence-electron chi connectivity index (χ3n) is 13.6. The van der Waals surface area contributed by atoms with Gasteiger partial charge in [0.15, 0.2) is 12.4 Å². The molecular formula is C63H109NO10. The van der Waals surface area contributed by atoms with Gasteiger partial charge >= 0.3 is 5.97 Å². The van der Waals surface area contributed by atoms with Gasteiger partial charge in [-0.1, -0.05) is 254 Å². The lowest BCUT2D eigenvalue weighted by molar-refractivity contribution is -0.305. The van der Waals surface area contributed by atoms with Crippen LogP contribution in [0.1, 0.15) is 239 Å². The molecule has 426 valence electrons. The summed E-state index contributed by atoms with van der Waals surface area (Å²) in [7, 11) is 0. The molecule has 1 fully saturated rings. The van der Waals surface area contributed by atoms with E-state index in [-0.39, 0.29) is 19.4 Å². The van der Waals surface area contributed by atoms with Gasteiger partial charge in [0.2, 0.25) is 5.91 Å². The van der Waals surface area contributed by atoms with E-state index in [1.54, 1.807) is 6.08 Å². The quantitative estimate of drug-likeness (QED) is 0.0195. The van der Waals surface area contributed by atoms with Gasteiger partial charge in [-0.25, -0.2) is 0 Å². The molecule has 0 aromatic carbocycles. The lowest BCUT2D eigenvalue weighted by Gasteiger charge is -2.41. The first kappa shape index (κ1) is 68.9. The lowest BCUT2D eigenvalue weighted by atomic mass is 9.99. The van der Waals surface area contributed by atoms with Crippen molar-refractivity contribution in [1.82, 2.24) is 5.32 Å². The number of carbonyl (C=O) groups is 2. The standard InChI is InChI=1S/C63H109NO10/c1-4-7-10-13-16-19-22-25-26-27-28-29-30-33-36-39-42-45-48-51-58(68)74-61-60(70)59(69)57(52-65)73-63(61)72-53-54(55(66)49-46-43-40-37-34-31-23-20-17-14-11-8-5-2)64-62(71)56(67)50-47-44-41-38-35-32-24-21-18-15-12-9-6-3/h7,10,16,19,25-26,28-29,33,36,42,45-46,49,54-57,59-61,63,65-67,69-70H,4-6,8-9,11-15,17-18,20-24,27,30-32,34-35,37-41,43-44,47-48,50-53H2,1-3H3,(H,64,71)/b10-7-,19-16-,26-25-,29-28-,36-33-,45-42-,49-46+.